The number of fused-ring (bicyclic) bond motifs is 1. The molecule has 1 aromatic heterocycles. The van der Waals surface area contributed by atoms with E-state index in [2.05, 4.69) is 4.98 Å². The topological polar surface area (TPSA) is 55.1 Å². The summed E-state index contributed by atoms with van der Waals surface area (Å²) >= 11 is 5.78. The lowest BCUT2D eigenvalue weighted by molar-refractivity contribution is 0.0697. The third-order valence-electron chi connectivity index (χ3n) is 2.04. The Kier molecular flexibility index (Phi) is 1.93. The second kappa shape index (κ2) is 2.99. The first-order chi connectivity index (χ1) is 6.59. The molecule has 1 aromatic carbocycles. The monoisotopic (exact) mass is 210 g/mol. The van der Waals surface area contributed by atoms with E-state index in [1.807, 2.05) is 0 Å². The molecule has 4 nitrogen and oxygen atoms in total. The summed E-state index contributed by atoms with van der Waals surface area (Å²) in [6, 6.07) is 3.08. The molecule has 14 heavy (non-hydrogen) atoms. The molecule has 2 rings (SSSR count). The van der Waals surface area contributed by atoms with Gasteiger partial charge in [0.25, 0.3) is 0 Å². The molecule has 0 saturated heterocycles. The number of carbonyl (C=O) groups is 1. The number of aromatic nitrogens is 2. The Morgan fingerprint density at radius 3 is 2.93 bits per heavy atom. The van der Waals surface area contributed by atoms with Crippen LogP contribution in [0.1, 0.15) is 10.4 Å². The van der Waals surface area contributed by atoms with Crippen molar-refractivity contribution in [3.8, 4) is 0 Å². The van der Waals surface area contributed by atoms with Gasteiger partial charge in [0, 0.05) is 7.05 Å². The normalized spacial score (nSPS) is 10.7. The van der Waals surface area contributed by atoms with E-state index in [9.17, 15) is 4.79 Å². The smallest absolute Gasteiger partial charge is 0.337 e. The molecule has 0 bridgehead atoms. The first kappa shape index (κ1) is 9.02. The lowest BCUT2D eigenvalue weighted by Gasteiger charge is -1.99. The summed E-state index contributed by atoms with van der Waals surface area (Å²) in [5.74, 6) is -1.03. The highest BCUT2D eigenvalue weighted by Gasteiger charge is 2.11. The van der Waals surface area contributed by atoms with Crippen LogP contribution in [0, 0.1) is 0 Å². The van der Waals surface area contributed by atoms with Crippen molar-refractivity contribution in [2.75, 3.05) is 0 Å². The zero-order valence-electron chi connectivity index (χ0n) is 7.36. The third-order valence-corrected chi connectivity index (χ3v) is 2.36. The summed E-state index contributed by atoms with van der Waals surface area (Å²) in [6.07, 6.45) is 1.62. The molecular weight excluding hydrogens is 204 g/mol. The van der Waals surface area contributed by atoms with E-state index in [0.29, 0.717) is 5.52 Å². The molecule has 0 atom stereocenters. The number of hydrogen-bond acceptors (Lipinski definition) is 2. The minimum absolute atomic E-state index is 0.0998. The summed E-state index contributed by atoms with van der Waals surface area (Å²) in [6.45, 7) is 0. The van der Waals surface area contributed by atoms with E-state index >= 15 is 0 Å². The molecule has 5 heteroatoms. The molecule has 2 aromatic rings. The summed E-state index contributed by atoms with van der Waals surface area (Å²) in [5.41, 5.74) is 1.55. The van der Waals surface area contributed by atoms with Crippen molar-refractivity contribution in [3.63, 3.8) is 0 Å². The third kappa shape index (κ3) is 1.24. The van der Waals surface area contributed by atoms with Crippen LogP contribution in [-0.2, 0) is 7.05 Å². The predicted octanol–water partition coefficient (Wildman–Crippen LogP) is 1.92. The first-order valence-electron chi connectivity index (χ1n) is 3.93. The molecule has 0 fully saturated rings. The van der Waals surface area contributed by atoms with Crippen LogP contribution in [-0.4, -0.2) is 20.6 Å². The first-order valence-corrected chi connectivity index (χ1v) is 4.31. The fraction of sp³-hybridized carbons (Fsp3) is 0.111. The lowest BCUT2D eigenvalue weighted by Crippen LogP contribution is -1.98. The summed E-state index contributed by atoms with van der Waals surface area (Å²) in [5, 5.41) is 9.05. The zero-order valence-corrected chi connectivity index (χ0v) is 8.12. The van der Waals surface area contributed by atoms with Crippen molar-refractivity contribution in [1.29, 1.82) is 0 Å². The van der Waals surface area contributed by atoms with E-state index in [1.165, 1.54) is 6.07 Å². The number of rotatable bonds is 1. The quantitative estimate of drug-likeness (QED) is 0.783. The Hall–Kier alpha value is -1.55. The van der Waals surface area contributed by atoms with Gasteiger partial charge in [0.05, 0.1) is 27.9 Å². The molecule has 0 aliphatic heterocycles. The van der Waals surface area contributed by atoms with Gasteiger partial charge in [-0.15, -0.1) is 0 Å². The Bertz CT molecular complexity index is 519. The van der Waals surface area contributed by atoms with E-state index in [-0.39, 0.29) is 10.6 Å². The second-order valence-corrected chi connectivity index (χ2v) is 3.39. The molecule has 0 saturated carbocycles. The number of carboxylic acids is 1. The van der Waals surface area contributed by atoms with Crippen LogP contribution in [0.25, 0.3) is 11.0 Å². The average molecular weight is 211 g/mol. The Morgan fingerprint density at radius 2 is 2.29 bits per heavy atom. The average Bonchev–Trinajstić information content (AvgIpc) is 2.46. The van der Waals surface area contributed by atoms with Crippen molar-refractivity contribution in [1.82, 2.24) is 9.55 Å². The van der Waals surface area contributed by atoms with Gasteiger partial charge in [-0.05, 0) is 12.1 Å². The van der Waals surface area contributed by atoms with Crippen molar-refractivity contribution in [2.24, 2.45) is 7.05 Å². The zero-order chi connectivity index (χ0) is 10.3. The fourth-order valence-corrected chi connectivity index (χ4v) is 1.55. The Morgan fingerprint density at radius 1 is 1.57 bits per heavy atom. The van der Waals surface area contributed by atoms with Crippen molar-refractivity contribution in [2.45, 2.75) is 0 Å². The minimum atomic E-state index is -1.03. The van der Waals surface area contributed by atoms with Crippen molar-refractivity contribution in [3.05, 3.63) is 29.0 Å². The maximum Gasteiger partial charge on any atom is 0.337 e. The maximum absolute atomic E-state index is 10.8. The van der Waals surface area contributed by atoms with Gasteiger partial charge in [0.2, 0.25) is 0 Å². The number of hydrogen-bond donors (Lipinski definition) is 1. The number of carboxylic acid groups (broad SMARTS) is 1. The van der Waals surface area contributed by atoms with Crippen LogP contribution in [0.3, 0.4) is 0 Å². The maximum atomic E-state index is 10.8. The largest absolute Gasteiger partial charge is 0.478 e. The molecule has 0 radical (unpaired) electrons. The lowest BCUT2D eigenvalue weighted by atomic mass is 10.2. The van der Waals surface area contributed by atoms with Crippen LogP contribution in [0.4, 0.5) is 0 Å². The molecule has 0 aliphatic rings. The van der Waals surface area contributed by atoms with Crippen molar-refractivity contribution >= 4 is 28.6 Å². The number of aryl methyl sites for hydroxylation is 1. The molecule has 0 unspecified atom stereocenters. The van der Waals surface area contributed by atoms with Crippen LogP contribution in [0.2, 0.25) is 5.02 Å². The second-order valence-electron chi connectivity index (χ2n) is 2.98. The Labute approximate surface area is 84.7 Å². The summed E-state index contributed by atoms with van der Waals surface area (Å²) in [7, 11) is 1.80. The van der Waals surface area contributed by atoms with E-state index in [4.69, 9.17) is 16.7 Å². The molecule has 1 heterocycles. The highest BCUT2D eigenvalue weighted by atomic mass is 35.5. The van der Waals surface area contributed by atoms with Gasteiger partial charge in [0.15, 0.2) is 0 Å². The number of imidazole rings is 1. The van der Waals surface area contributed by atoms with Crippen molar-refractivity contribution < 1.29 is 9.90 Å². The van der Waals surface area contributed by atoms with Crippen LogP contribution >= 0.6 is 11.6 Å². The van der Waals surface area contributed by atoms with Gasteiger partial charge >= 0.3 is 5.97 Å². The van der Waals surface area contributed by atoms with E-state index < -0.39 is 5.97 Å². The van der Waals surface area contributed by atoms with Gasteiger partial charge in [-0.3, -0.25) is 0 Å². The highest BCUT2D eigenvalue weighted by molar-refractivity contribution is 6.34. The molecule has 0 spiro atoms. The Balaban J connectivity index is 2.80. The SMILES string of the molecule is Cn1cnc2cc(Cl)c(C(=O)O)cc21. The van der Waals surface area contributed by atoms with Crippen LogP contribution < -0.4 is 0 Å². The molecule has 1 N–H and O–H groups in total. The van der Waals surface area contributed by atoms with Gasteiger partial charge in [-0.25, -0.2) is 9.78 Å². The minimum Gasteiger partial charge on any atom is -0.478 e. The summed E-state index contributed by atoms with van der Waals surface area (Å²) in [4.78, 5) is 14.8. The van der Waals surface area contributed by atoms with Gasteiger partial charge in [-0.2, -0.15) is 0 Å². The fourth-order valence-electron chi connectivity index (χ4n) is 1.31. The summed E-state index contributed by atoms with van der Waals surface area (Å²) < 4.78 is 1.75. The van der Waals surface area contributed by atoms with E-state index in [1.54, 1.807) is 24.0 Å². The predicted molar refractivity (Wildman–Crippen MR) is 52.7 cm³/mol. The van der Waals surface area contributed by atoms with E-state index in [0.717, 1.165) is 5.52 Å². The van der Waals surface area contributed by atoms with Gasteiger partial charge in [-0.1, -0.05) is 11.6 Å². The number of nitrogens with zero attached hydrogens (tertiary/aromatic N) is 2. The number of halogens is 1. The standard InChI is InChI=1S/C9H7ClN2O2/c1-12-4-11-7-3-6(10)5(9(13)14)2-8(7)12/h2-4H,1H3,(H,13,14). The molecule has 0 amide bonds. The highest BCUT2D eigenvalue weighted by Crippen LogP contribution is 2.22. The number of benzene rings is 1. The number of aromatic carboxylic acids is 1. The van der Waals surface area contributed by atoms with Gasteiger partial charge in [0.1, 0.15) is 0 Å². The van der Waals surface area contributed by atoms with Gasteiger partial charge < -0.3 is 9.67 Å². The van der Waals surface area contributed by atoms with Crippen LogP contribution in [0.5, 0.6) is 0 Å². The molecule has 72 valence electrons. The van der Waals surface area contributed by atoms with Crippen LogP contribution in [0.15, 0.2) is 18.5 Å². The molecule has 0 aliphatic carbocycles. The molecular formula is C9H7ClN2O2.